The standard InChI is InChI=1S/C14H13N7O/c1-9-5-14(21-8-10(18-20-21)7-16-19-15)12-6-11(22-2)3-4-13(12)17-9/h3-6,8H,7H2,1-2H3. The van der Waals surface area contributed by atoms with E-state index in [1.54, 1.807) is 18.0 Å². The van der Waals surface area contributed by atoms with Crippen molar-refractivity contribution >= 4 is 10.9 Å². The Labute approximate surface area is 126 Å². The lowest BCUT2D eigenvalue weighted by atomic mass is 10.1. The van der Waals surface area contributed by atoms with Crippen molar-refractivity contribution in [1.82, 2.24) is 20.0 Å². The highest BCUT2D eigenvalue weighted by atomic mass is 16.5. The number of pyridine rings is 1. The largest absolute Gasteiger partial charge is 0.497 e. The van der Waals surface area contributed by atoms with Gasteiger partial charge in [-0.3, -0.25) is 4.98 Å². The Morgan fingerprint density at radius 1 is 1.36 bits per heavy atom. The third-order valence-electron chi connectivity index (χ3n) is 3.21. The molecule has 0 radical (unpaired) electrons. The first-order chi connectivity index (χ1) is 10.7. The Morgan fingerprint density at radius 2 is 2.23 bits per heavy atom. The normalized spacial score (nSPS) is 10.5. The molecule has 0 spiro atoms. The van der Waals surface area contributed by atoms with E-state index in [4.69, 9.17) is 10.3 Å². The van der Waals surface area contributed by atoms with Crippen LogP contribution in [-0.2, 0) is 6.54 Å². The third kappa shape index (κ3) is 2.55. The molecule has 2 heterocycles. The molecule has 0 aliphatic rings. The van der Waals surface area contributed by atoms with Crippen molar-refractivity contribution in [3.8, 4) is 11.4 Å². The summed E-state index contributed by atoms with van der Waals surface area (Å²) in [6, 6.07) is 7.61. The van der Waals surface area contributed by atoms with Gasteiger partial charge >= 0.3 is 0 Å². The molecular formula is C14H13N7O. The topological polar surface area (TPSA) is 102 Å². The minimum Gasteiger partial charge on any atom is -0.497 e. The molecule has 0 saturated heterocycles. The van der Waals surface area contributed by atoms with Crippen molar-refractivity contribution < 1.29 is 4.74 Å². The summed E-state index contributed by atoms with van der Waals surface area (Å²) in [6.07, 6.45) is 1.74. The molecule has 110 valence electrons. The molecule has 3 rings (SSSR count). The summed E-state index contributed by atoms with van der Waals surface area (Å²) in [4.78, 5) is 7.23. The molecule has 0 aliphatic heterocycles. The highest BCUT2D eigenvalue weighted by molar-refractivity contribution is 5.88. The Balaban J connectivity index is 2.15. The first-order valence-electron chi connectivity index (χ1n) is 6.59. The number of ether oxygens (including phenoxy) is 1. The van der Waals surface area contributed by atoms with Gasteiger partial charge < -0.3 is 4.74 Å². The van der Waals surface area contributed by atoms with Gasteiger partial charge in [0.25, 0.3) is 0 Å². The van der Waals surface area contributed by atoms with Crippen LogP contribution < -0.4 is 4.74 Å². The molecule has 0 fully saturated rings. The molecule has 0 aliphatic carbocycles. The molecule has 3 aromatic rings. The van der Waals surface area contributed by atoms with Gasteiger partial charge in [-0.15, -0.1) is 5.10 Å². The number of benzene rings is 1. The number of hydrogen-bond acceptors (Lipinski definition) is 5. The second-order valence-corrected chi connectivity index (χ2v) is 4.71. The molecule has 0 saturated carbocycles. The van der Waals surface area contributed by atoms with Crippen LogP contribution in [0.4, 0.5) is 0 Å². The first kappa shape index (κ1) is 13.8. The highest BCUT2D eigenvalue weighted by Crippen LogP contribution is 2.26. The van der Waals surface area contributed by atoms with Crippen molar-refractivity contribution in [3.63, 3.8) is 0 Å². The lowest BCUT2D eigenvalue weighted by molar-refractivity contribution is 0.415. The zero-order chi connectivity index (χ0) is 15.5. The smallest absolute Gasteiger partial charge is 0.119 e. The van der Waals surface area contributed by atoms with Crippen molar-refractivity contribution in [2.24, 2.45) is 5.11 Å². The molecule has 0 N–H and O–H groups in total. The van der Waals surface area contributed by atoms with Crippen LogP contribution in [0.1, 0.15) is 11.4 Å². The molecule has 0 bridgehead atoms. The van der Waals surface area contributed by atoms with Gasteiger partial charge in [0.15, 0.2) is 0 Å². The Hall–Kier alpha value is -3.12. The van der Waals surface area contributed by atoms with Crippen LogP contribution in [0.5, 0.6) is 5.75 Å². The Morgan fingerprint density at radius 3 is 3.00 bits per heavy atom. The summed E-state index contributed by atoms with van der Waals surface area (Å²) in [7, 11) is 1.62. The predicted molar refractivity (Wildman–Crippen MR) is 80.8 cm³/mol. The number of methoxy groups -OCH3 is 1. The van der Waals surface area contributed by atoms with Gasteiger partial charge in [0.2, 0.25) is 0 Å². The number of azide groups is 1. The van der Waals surface area contributed by atoms with E-state index in [2.05, 4.69) is 25.3 Å². The van der Waals surface area contributed by atoms with E-state index in [1.165, 1.54) is 0 Å². The summed E-state index contributed by atoms with van der Waals surface area (Å²) >= 11 is 0. The molecule has 8 heteroatoms. The van der Waals surface area contributed by atoms with E-state index in [0.29, 0.717) is 5.69 Å². The average Bonchev–Trinajstić information content (AvgIpc) is 3.00. The highest BCUT2D eigenvalue weighted by Gasteiger charge is 2.10. The second kappa shape index (κ2) is 5.71. The molecule has 0 amide bonds. The minimum absolute atomic E-state index is 0.168. The van der Waals surface area contributed by atoms with E-state index >= 15 is 0 Å². The van der Waals surface area contributed by atoms with Crippen molar-refractivity contribution in [1.29, 1.82) is 0 Å². The van der Waals surface area contributed by atoms with Gasteiger partial charge in [0.1, 0.15) is 5.75 Å². The lowest BCUT2D eigenvalue weighted by Crippen LogP contribution is -1.99. The maximum Gasteiger partial charge on any atom is 0.119 e. The van der Waals surface area contributed by atoms with Crippen LogP contribution in [0.2, 0.25) is 0 Å². The Bertz CT molecular complexity index is 880. The predicted octanol–water partition coefficient (Wildman–Crippen LogP) is 2.94. The van der Waals surface area contributed by atoms with Gasteiger partial charge in [0.05, 0.1) is 36.7 Å². The van der Waals surface area contributed by atoms with Crippen LogP contribution in [0.15, 0.2) is 35.6 Å². The van der Waals surface area contributed by atoms with E-state index in [1.807, 2.05) is 31.2 Å². The van der Waals surface area contributed by atoms with Crippen molar-refractivity contribution in [2.75, 3.05) is 7.11 Å². The summed E-state index contributed by atoms with van der Waals surface area (Å²) in [5.41, 5.74) is 11.5. The molecular weight excluding hydrogens is 282 g/mol. The van der Waals surface area contributed by atoms with Crippen LogP contribution >= 0.6 is 0 Å². The fourth-order valence-corrected chi connectivity index (χ4v) is 2.22. The molecule has 1 aromatic carbocycles. The number of hydrogen-bond donors (Lipinski definition) is 0. The van der Waals surface area contributed by atoms with Gasteiger partial charge in [0, 0.05) is 16.0 Å². The maximum absolute atomic E-state index is 8.37. The second-order valence-electron chi connectivity index (χ2n) is 4.71. The van der Waals surface area contributed by atoms with E-state index in [0.717, 1.165) is 28.0 Å². The molecule has 8 nitrogen and oxygen atoms in total. The van der Waals surface area contributed by atoms with E-state index in [9.17, 15) is 0 Å². The number of aromatic nitrogens is 4. The summed E-state index contributed by atoms with van der Waals surface area (Å²) in [6.45, 7) is 2.09. The zero-order valence-electron chi connectivity index (χ0n) is 12.1. The molecule has 0 atom stereocenters. The fourth-order valence-electron chi connectivity index (χ4n) is 2.22. The van der Waals surface area contributed by atoms with E-state index < -0.39 is 0 Å². The summed E-state index contributed by atoms with van der Waals surface area (Å²) in [5.74, 6) is 0.744. The van der Waals surface area contributed by atoms with E-state index in [-0.39, 0.29) is 6.54 Å². The number of fused-ring (bicyclic) bond motifs is 1. The quantitative estimate of drug-likeness (QED) is 0.419. The van der Waals surface area contributed by atoms with Gasteiger partial charge in [-0.1, -0.05) is 10.3 Å². The van der Waals surface area contributed by atoms with Crippen LogP contribution in [-0.4, -0.2) is 27.1 Å². The monoisotopic (exact) mass is 295 g/mol. The summed E-state index contributed by atoms with van der Waals surface area (Å²) < 4.78 is 6.92. The van der Waals surface area contributed by atoms with Gasteiger partial charge in [-0.25, -0.2) is 4.68 Å². The minimum atomic E-state index is 0.168. The fraction of sp³-hybridized carbons (Fsp3) is 0.214. The zero-order valence-corrected chi connectivity index (χ0v) is 12.1. The number of rotatable bonds is 4. The maximum atomic E-state index is 8.37. The van der Waals surface area contributed by atoms with Crippen LogP contribution in [0.25, 0.3) is 27.0 Å². The molecule has 0 unspecified atom stereocenters. The van der Waals surface area contributed by atoms with Crippen molar-refractivity contribution in [2.45, 2.75) is 13.5 Å². The molecule has 2 aromatic heterocycles. The molecule has 22 heavy (non-hydrogen) atoms. The Kier molecular flexibility index (Phi) is 3.59. The van der Waals surface area contributed by atoms with Crippen LogP contribution in [0, 0.1) is 6.92 Å². The third-order valence-corrected chi connectivity index (χ3v) is 3.21. The summed E-state index contributed by atoms with van der Waals surface area (Å²) in [5, 5.41) is 12.5. The van der Waals surface area contributed by atoms with Crippen LogP contribution in [0.3, 0.4) is 0 Å². The van der Waals surface area contributed by atoms with Gasteiger partial charge in [-0.2, -0.15) is 0 Å². The SMILES string of the molecule is COc1ccc2nc(C)cc(-n3cc(CN=[N+]=[N-])nn3)c2c1. The average molecular weight is 295 g/mol. The van der Waals surface area contributed by atoms with Crippen molar-refractivity contribution in [3.05, 3.63) is 52.3 Å². The van der Waals surface area contributed by atoms with Gasteiger partial charge in [-0.05, 0) is 36.7 Å². The number of aryl methyl sites for hydroxylation is 1. The first-order valence-corrected chi connectivity index (χ1v) is 6.59. The number of nitrogens with zero attached hydrogens (tertiary/aromatic N) is 7. The lowest BCUT2D eigenvalue weighted by Gasteiger charge is -2.08.